The summed E-state index contributed by atoms with van der Waals surface area (Å²) in [4.78, 5) is 11.2. The molecule has 0 bridgehead atoms. The number of carbonyl (C=O) groups is 1. The lowest BCUT2D eigenvalue weighted by Crippen LogP contribution is -2.52. The van der Waals surface area contributed by atoms with Crippen LogP contribution in [0.25, 0.3) is 0 Å². The van der Waals surface area contributed by atoms with Crippen molar-refractivity contribution in [2.24, 2.45) is 5.92 Å². The van der Waals surface area contributed by atoms with E-state index in [0.29, 0.717) is 4.31 Å². The van der Waals surface area contributed by atoms with Gasteiger partial charge in [-0.2, -0.15) is 12.7 Å². The molecule has 6 nitrogen and oxygen atoms in total. The molecule has 1 aliphatic rings. The molecule has 1 aliphatic heterocycles. The van der Waals surface area contributed by atoms with Crippen molar-refractivity contribution < 1.29 is 21.8 Å². The van der Waals surface area contributed by atoms with Crippen LogP contribution in [0, 0.1) is 5.92 Å². The Balaban J connectivity index is 2.21. The Kier molecular flexibility index (Phi) is 3.98. The molecule has 0 atom stereocenters. The Morgan fingerprint density at radius 2 is 2.00 bits per heavy atom. The molecule has 1 saturated heterocycles. The predicted molar refractivity (Wildman–Crippen MR) is 59.3 cm³/mol. The summed E-state index contributed by atoms with van der Waals surface area (Å²) in [6.45, 7) is 5.69. The first-order chi connectivity index (χ1) is 7.58. The topological polar surface area (TPSA) is 75.7 Å². The van der Waals surface area contributed by atoms with Gasteiger partial charge in [-0.3, -0.25) is 0 Å². The molecule has 0 aromatic carbocycles. The first-order valence-corrected chi connectivity index (χ1v) is 6.58. The number of nitrogens with one attached hydrogen (secondary N) is 1. The SMILES string of the molecule is CC(C)(C)OC(=O)NCC1CN(S(=O)(=O)F)C1. The lowest BCUT2D eigenvalue weighted by Gasteiger charge is -2.35. The largest absolute Gasteiger partial charge is 0.444 e. The van der Waals surface area contributed by atoms with Crippen molar-refractivity contribution in [3.05, 3.63) is 0 Å². The average molecular weight is 268 g/mol. The molecule has 8 heteroatoms. The summed E-state index contributed by atoms with van der Waals surface area (Å²) < 4.78 is 39.0. The minimum absolute atomic E-state index is 0.0620. The van der Waals surface area contributed by atoms with Crippen molar-refractivity contribution in [3.63, 3.8) is 0 Å². The maximum absolute atomic E-state index is 12.4. The first kappa shape index (κ1) is 14.2. The van der Waals surface area contributed by atoms with Gasteiger partial charge in [0.1, 0.15) is 5.60 Å². The summed E-state index contributed by atoms with van der Waals surface area (Å²) in [5.74, 6) is -0.0620. The van der Waals surface area contributed by atoms with Crippen molar-refractivity contribution in [1.29, 1.82) is 0 Å². The van der Waals surface area contributed by atoms with Crippen LogP contribution in [0.3, 0.4) is 0 Å². The summed E-state index contributed by atoms with van der Waals surface area (Å²) in [6.07, 6.45) is -0.556. The van der Waals surface area contributed by atoms with Gasteiger partial charge in [-0.1, -0.05) is 3.89 Å². The normalized spacial score (nSPS) is 18.6. The number of alkyl carbamates (subject to hydrolysis) is 1. The van der Waals surface area contributed by atoms with Crippen LogP contribution in [0.5, 0.6) is 0 Å². The van der Waals surface area contributed by atoms with Gasteiger partial charge in [0.05, 0.1) is 0 Å². The number of hydrogen-bond donors (Lipinski definition) is 1. The maximum atomic E-state index is 12.4. The van der Waals surface area contributed by atoms with Gasteiger partial charge in [-0.15, -0.1) is 0 Å². The number of hydrogen-bond acceptors (Lipinski definition) is 4. The molecule has 1 heterocycles. The smallest absolute Gasteiger partial charge is 0.407 e. The van der Waals surface area contributed by atoms with E-state index >= 15 is 0 Å². The van der Waals surface area contributed by atoms with Gasteiger partial charge < -0.3 is 10.1 Å². The summed E-state index contributed by atoms with van der Waals surface area (Å²) in [7, 11) is -4.58. The number of ether oxygens (including phenoxy) is 1. The number of amides is 1. The Morgan fingerprint density at radius 3 is 2.41 bits per heavy atom. The molecule has 1 rings (SSSR count). The predicted octanol–water partition coefficient (Wildman–Crippen LogP) is 0.657. The van der Waals surface area contributed by atoms with E-state index < -0.39 is 22.1 Å². The lowest BCUT2D eigenvalue weighted by molar-refractivity contribution is 0.0502. The first-order valence-electron chi connectivity index (χ1n) is 5.24. The summed E-state index contributed by atoms with van der Waals surface area (Å²) >= 11 is 0. The monoisotopic (exact) mass is 268 g/mol. The molecular formula is C9H17FN2O4S. The Bertz CT molecular complexity index is 384. The fourth-order valence-corrected chi connectivity index (χ4v) is 2.15. The summed E-state index contributed by atoms with van der Waals surface area (Å²) in [5.41, 5.74) is -0.571. The van der Waals surface area contributed by atoms with E-state index in [1.165, 1.54) is 0 Å². The maximum Gasteiger partial charge on any atom is 0.407 e. The number of halogens is 1. The van der Waals surface area contributed by atoms with Gasteiger partial charge in [0.2, 0.25) is 0 Å². The van der Waals surface area contributed by atoms with Gasteiger partial charge in [0, 0.05) is 25.6 Å². The van der Waals surface area contributed by atoms with Crippen LogP contribution in [0.4, 0.5) is 8.68 Å². The lowest BCUT2D eigenvalue weighted by atomic mass is 10.0. The molecule has 17 heavy (non-hydrogen) atoms. The van der Waals surface area contributed by atoms with E-state index in [4.69, 9.17) is 4.74 Å². The molecule has 1 N–H and O–H groups in total. The van der Waals surface area contributed by atoms with E-state index in [2.05, 4.69) is 5.32 Å². The minimum atomic E-state index is -4.58. The van der Waals surface area contributed by atoms with Crippen molar-refractivity contribution in [2.45, 2.75) is 26.4 Å². The molecule has 0 aliphatic carbocycles. The second-order valence-corrected chi connectivity index (χ2v) is 6.35. The van der Waals surface area contributed by atoms with Crippen molar-refractivity contribution in [1.82, 2.24) is 9.62 Å². The van der Waals surface area contributed by atoms with Crippen LogP contribution in [-0.4, -0.2) is 44.1 Å². The zero-order valence-corrected chi connectivity index (χ0v) is 10.9. The van der Waals surface area contributed by atoms with E-state index in [1.807, 2.05) is 0 Å². The molecule has 1 fully saturated rings. The van der Waals surface area contributed by atoms with E-state index in [-0.39, 0.29) is 25.6 Å². The molecular weight excluding hydrogens is 251 g/mol. The van der Waals surface area contributed by atoms with E-state index in [9.17, 15) is 17.1 Å². The zero-order valence-electron chi connectivity index (χ0n) is 10.1. The van der Waals surface area contributed by atoms with E-state index in [1.54, 1.807) is 20.8 Å². The highest BCUT2D eigenvalue weighted by atomic mass is 32.3. The van der Waals surface area contributed by atoms with Crippen LogP contribution in [0.1, 0.15) is 20.8 Å². The highest BCUT2D eigenvalue weighted by molar-refractivity contribution is 7.84. The third-order valence-corrected chi connectivity index (χ3v) is 3.08. The number of nitrogens with zero attached hydrogens (tertiary/aromatic N) is 1. The summed E-state index contributed by atoms with van der Waals surface area (Å²) in [5, 5.41) is 2.51. The number of rotatable bonds is 3. The van der Waals surface area contributed by atoms with Gasteiger partial charge in [-0.05, 0) is 20.8 Å². The summed E-state index contributed by atoms with van der Waals surface area (Å²) in [6, 6.07) is 0. The highest BCUT2D eigenvalue weighted by Gasteiger charge is 2.35. The van der Waals surface area contributed by atoms with Crippen LogP contribution in [0.2, 0.25) is 0 Å². The third-order valence-electron chi connectivity index (χ3n) is 2.17. The van der Waals surface area contributed by atoms with Crippen LogP contribution < -0.4 is 5.32 Å². The molecule has 0 saturated carbocycles. The highest BCUT2D eigenvalue weighted by Crippen LogP contribution is 2.19. The Morgan fingerprint density at radius 1 is 1.47 bits per heavy atom. The van der Waals surface area contributed by atoms with Crippen LogP contribution in [-0.2, 0) is 15.1 Å². The van der Waals surface area contributed by atoms with Gasteiger partial charge in [0.25, 0.3) is 0 Å². The number of carbonyl (C=O) groups excluding carboxylic acids is 1. The molecule has 0 unspecified atom stereocenters. The second-order valence-electron chi connectivity index (χ2n) is 5.01. The quantitative estimate of drug-likeness (QED) is 0.763. The zero-order chi connectivity index (χ0) is 13.3. The molecule has 0 radical (unpaired) electrons. The standard InChI is InChI=1S/C9H17FN2O4S/c1-9(2,3)16-8(13)11-4-7-5-12(6-7)17(10,14)15/h7H,4-6H2,1-3H3,(H,11,13). The molecule has 0 spiro atoms. The third kappa shape index (κ3) is 4.86. The Labute approximate surface area is 100 Å². The minimum Gasteiger partial charge on any atom is -0.444 e. The molecule has 0 aromatic rings. The molecule has 100 valence electrons. The average Bonchev–Trinajstić information content (AvgIpc) is 1.93. The van der Waals surface area contributed by atoms with Crippen molar-refractivity contribution in [3.8, 4) is 0 Å². The second kappa shape index (κ2) is 4.77. The van der Waals surface area contributed by atoms with Crippen LogP contribution in [0.15, 0.2) is 0 Å². The Hall–Kier alpha value is -0.890. The molecule has 1 amide bonds. The van der Waals surface area contributed by atoms with Gasteiger partial charge in [0.15, 0.2) is 0 Å². The van der Waals surface area contributed by atoms with Gasteiger partial charge >= 0.3 is 16.5 Å². The molecule has 0 aromatic heterocycles. The van der Waals surface area contributed by atoms with Gasteiger partial charge in [-0.25, -0.2) is 4.79 Å². The van der Waals surface area contributed by atoms with Crippen LogP contribution >= 0.6 is 0 Å². The van der Waals surface area contributed by atoms with Crippen molar-refractivity contribution >= 4 is 16.5 Å². The fraction of sp³-hybridized carbons (Fsp3) is 0.889. The van der Waals surface area contributed by atoms with E-state index in [0.717, 1.165) is 0 Å². The van der Waals surface area contributed by atoms with Crippen molar-refractivity contribution in [2.75, 3.05) is 19.6 Å². The fourth-order valence-electron chi connectivity index (χ4n) is 1.37.